The summed E-state index contributed by atoms with van der Waals surface area (Å²) in [6.07, 6.45) is 2.70. The highest BCUT2D eigenvalue weighted by atomic mass is 16.7. The summed E-state index contributed by atoms with van der Waals surface area (Å²) in [5.41, 5.74) is -0.323. The van der Waals surface area contributed by atoms with Crippen molar-refractivity contribution in [2.45, 2.75) is 65.0 Å². The number of carbonyl (C=O) groups excluding carboxylic acids is 1. The molecule has 0 heterocycles. The highest BCUT2D eigenvalue weighted by Crippen LogP contribution is 2.27. The fraction of sp³-hybridized carbons (Fsp3) is 0.944. The molecule has 0 atom stereocenters. The molecule has 26 heavy (non-hydrogen) atoms. The minimum absolute atomic E-state index is 0.0765. The highest BCUT2D eigenvalue weighted by Gasteiger charge is 2.31. The molecule has 1 rings (SSSR count). The maximum Gasteiger partial charge on any atom is 0.309 e. The number of carbonyl (C=O) groups is 1. The predicted octanol–water partition coefficient (Wildman–Crippen LogP) is 2.72. The Kier molecular flexibility index (Phi) is 8.12. The van der Waals surface area contributed by atoms with Crippen LogP contribution in [-0.4, -0.2) is 72.9 Å². The third-order valence-electron chi connectivity index (χ3n) is 4.56. The molecule has 0 amide bonds. The largest absolute Gasteiger partial charge is 0.569 e. The number of hydrazine groups is 1. The van der Waals surface area contributed by atoms with Crippen LogP contribution in [0.25, 0.3) is 0 Å². The van der Waals surface area contributed by atoms with Gasteiger partial charge in [0.25, 0.3) is 0 Å². The van der Waals surface area contributed by atoms with E-state index in [0.29, 0.717) is 43.8 Å². The lowest BCUT2D eigenvalue weighted by Gasteiger charge is -2.30. The molecule has 1 aliphatic carbocycles. The molecule has 152 valence electrons. The van der Waals surface area contributed by atoms with E-state index < -0.39 is 0 Å². The zero-order chi connectivity index (χ0) is 20.0. The molecular formula is C18H37N4O4+. The Balaban J connectivity index is 2.39. The van der Waals surface area contributed by atoms with E-state index >= 15 is 0 Å². The molecule has 0 aromatic carbocycles. The zero-order valence-electron chi connectivity index (χ0n) is 17.5. The van der Waals surface area contributed by atoms with Crippen molar-refractivity contribution in [2.24, 2.45) is 11.2 Å². The van der Waals surface area contributed by atoms with E-state index in [-0.39, 0.29) is 23.5 Å². The van der Waals surface area contributed by atoms with Crippen molar-refractivity contribution < 1.29 is 23.8 Å². The molecule has 0 radical (unpaired) electrons. The summed E-state index contributed by atoms with van der Waals surface area (Å²) >= 11 is 0. The monoisotopic (exact) mass is 373 g/mol. The van der Waals surface area contributed by atoms with Gasteiger partial charge in [0.2, 0.25) is 5.28 Å². The van der Waals surface area contributed by atoms with Gasteiger partial charge in [0.05, 0.1) is 44.1 Å². The van der Waals surface area contributed by atoms with Crippen LogP contribution in [0.5, 0.6) is 0 Å². The van der Waals surface area contributed by atoms with Crippen LogP contribution in [0.15, 0.2) is 5.28 Å². The molecule has 0 bridgehead atoms. The normalized spacial score (nSPS) is 22.0. The molecule has 1 aliphatic rings. The molecule has 0 N–H and O–H groups in total. The van der Waals surface area contributed by atoms with Crippen LogP contribution in [0.4, 0.5) is 0 Å². The number of rotatable bonds is 8. The third-order valence-corrected chi connectivity index (χ3v) is 4.56. The summed E-state index contributed by atoms with van der Waals surface area (Å²) in [6.45, 7) is 9.54. The van der Waals surface area contributed by atoms with Gasteiger partial charge < -0.3 is 19.3 Å². The van der Waals surface area contributed by atoms with Crippen molar-refractivity contribution in [2.75, 3.05) is 40.8 Å². The zero-order valence-corrected chi connectivity index (χ0v) is 17.5. The molecule has 0 aliphatic heterocycles. The van der Waals surface area contributed by atoms with Crippen LogP contribution in [0, 0.1) is 11.1 Å². The van der Waals surface area contributed by atoms with Gasteiger partial charge in [-0.15, -0.1) is 5.01 Å². The van der Waals surface area contributed by atoms with Crippen molar-refractivity contribution in [3.05, 3.63) is 5.21 Å². The lowest BCUT2D eigenvalue weighted by atomic mass is 9.87. The van der Waals surface area contributed by atoms with Gasteiger partial charge in [-0.1, -0.05) is 0 Å². The van der Waals surface area contributed by atoms with Gasteiger partial charge >= 0.3 is 5.97 Å². The number of esters is 1. The van der Waals surface area contributed by atoms with Crippen LogP contribution in [0.2, 0.25) is 0 Å². The topological polar surface area (TPSA) is 77.2 Å². The van der Waals surface area contributed by atoms with E-state index in [1.165, 1.54) is 0 Å². The second-order valence-electron chi connectivity index (χ2n) is 8.98. The molecule has 8 heteroatoms. The van der Waals surface area contributed by atoms with Crippen LogP contribution < -0.4 is 0 Å². The standard InChI is InChI=1S/C18H37N4O4/c1-8-20(18(2,3)4)21(24)19-26-16-11-9-15(10-12-16)17(23)25-14-13-22(5,6)7/h15-16H,8-14H2,1-7H3/q+1/b21-19-/t15-,16+. The molecule has 0 spiro atoms. The van der Waals surface area contributed by atoms with Gasteiger partial charge in [-0.25, -0.2) is 0 Å². The van der Waals surface area contributed by atoms with E-state index in [2.05, 4.69) is 26.4 Å². The van der Waals surface area contributed by atoms with Crippen molar-refractivity contribution in [1.82, 2.24) is 5.01 Å². The van der Waals surface area contributed by atoms with Gasteiger partial charge in [0.15, 0.2) is 0 Å². The van der Waals surface area contributed by atoms with Gasteiger partial charge in [0.1, 0.15) is 19.3 Å². The lowest BCUT2D eigenvalue weighted by molar-refractivity contribution is -0.870. The Morgan fingerprint density at radius 2 is 1.81 bits per heavy atom. The Labute approximate surface area is 157 Å². The van der Waals surface area contributed by atoms with Crippen LogP contribution in [-0.2, 0) is 14.4 Å². The van der Waals surface area contributed by atoms with E-state index in [1.807, 2.05) is 27.7 Å². The molecule has 0 aromatic heterocycles. The number of hydrogen-bond acceptors (Lipinski definition) is 5. The van der Waals surface area contributed by atoms with Crippen molar-refractivity contribution >= 4 is 5.97 Å². The van der Waals surface area contributed by atoms with Crippen molar-refractivity contribution in [3.63, 3.8) is 0 Å². The number of likely N-dealkylation sites (N-methyl/N-ethyl adjacent to an activating group) is 1. The number of quaternary nitrogens is 1. The van der Waals surface area contributed by atoms with Crippen molar-refractivity contribution in [3.8, 4) is 0 Å². The first kappa shape index (κ1) is 22.5. The molecule has 0 saturated heterocycles. The fourth-order valence-electron chi connectivity index (χ4n) is 2.94. The summed E-state index contributed by atoms with van der Waals surface area (Å²) < 4.78 is 6.16. The van der Waals surface area contributed by atoms with Gasteiger partial charge in [-0.3, -0.25) is 4.79 Å². The summed E-state index contributed by atoms with van der Waals surface area (Å²) in [7, 11) is 6.20. The fourth-order valence-corrected chi connectivity index (χ4v) is 2.94. The quantitative estimate of drug-likeness (QED) is 0.215. The Hall–Kier alpha value is -1.57. The Morgan fingerprint density at radius 1 is 1.23 bits per heavy atom. The summed E-state index contributed by atoms with van der Waals surface area (Å²) in [4.78, 5) is 18.1. The maximum absolute atomic E-state index is 12.1. The first-order valence-electron chi connectivity index (χ1n) is 9.52. The van der Waals surface area contributed by atoms with Crippen LogP contribution in [0.1, 0.15) is 53.4 Å². The first-order chi connectivity index (χ1) is 11.9. The second kappa shape index (κ2) is 9.39. The van der Waals surface area contributed by atoms with Crippen LogP contribution >= 0.6 is 0 Å². The second-order valence-corrected chi connectivity index (χ2v) is 8.98. The smallest absolute Gasteiger partial charge is 0.309 e. The van der Waals surface area contributed by atoms with E-state index in [1.54, 1.807) is 5.01 Å². The Bertz CT molecular complexity index is 475. The molecular weight excluding hydrogens is 336 g/mol. The van der Waals surface area contributed by atoms with E-state index in [0.717, 1.165) is 11.0 Å². The summed E-state index contributed by atoms with van der Waals surface area (Å²) in [6, 6.07) is 0. The minimum atomic E-state index is -0.323. The highest BCUT2D eigenvalue weighted by molar-refractivity contribution is 5.72. The molecule has 0 aromatic rings. The van der Waals surface area contributed by atoms with Gasteiger partial charge in [0, 0.05) is 0 Å². The lowest BCUT2D eigenvalue weighted by Crippen LogP contribution is -2.45. The maximum atomic E-state index is 12.1. The molecule has 1 saturated carbocycles. The summed E-state index contributed by atoms with van der Waals surface area (Å²) in [5, 5.41) is 17.4. The van der Waals surface area contributed by atoms with Gasteiger partial charge in [-0.2, -0.15) is 0 Å². The average molecular weight is 374 g/mol. The Morgan fingerprint density at radius 3 is 2.27 bits per heavy atom. The average Bonchev–Trinajstić information content (AvgIpc) is 2.51. The van der Waals surface area contributed by atoms with Crippen molar-refractivity contribution in [1.29, 1.82) is 0 Å². The molecule has 0 unspecified atom stereocenters. The number of ether oxygens (including phenoxy) is 1. The SMILES string of the molecule is CCN(/[N+]([O-])=N/O[C@H]1CC[C@@H](C(=O)OCC[N+](C)(C)C)CC1)C(C)(C)C. The van der Waals surface area contributed by atoms with E-state index in [4.69, 9.17) is 9.57 Å². The first-order valence-corrected chi connectivity index (χ1v) is 9.52. The number of nitrogens with zero attached hydrogens (tertiary/aromatic N) is 4. The van der Waals surface area contributed by atoms with E-state index in [9.17, 15) is 10.0 Å². The summed E-state index contributed by atoms with van der Waals surface area (Å²) in [5.74, 6) is -0.198. The number of hydrogen-bond donors (Lipinski definition) is 0. The molecule has 8 nitrogen and oxygen atoms in total. The molecule has 1 fully saturated rings. The minimum Gasteiger partial charge on any atom is -0.569 e. The predicted molar refractivity (Wildman–Crippen MR) is 98.9 cm³/mol. The third kappa shape index (κ3) is 7.76. The van der Waals surface area contributed by atoms with Gasteiger partial charge in [-0.05, 0) is 53.4 Å². The van der Waals surface area contributed by atoms with Crippen LogP contribution in [0.3, 0.4) is 0 Å².